The number of hydrogen-bond donors (Lipinski definition) is 1. The molecule has 2 heterocycles. The van der Waals surface area contributed by atoms with Crippen LogP contribution in [0.3, 0.4) is 0 Å². The Morgan fingerprint density at radius 3 is 2.28 bits per heavy atom. The summed E-state index contributed by atoms with van der Waals surface area (Å²) in [7, 11) is 0. The third kappa shape index (κ3) is 4.36. The maximum atomic E-state index is 12.6. The van der Waals surface area contributed by atoms with Gasteiger partial charge in [-0.3, -0.25) is 24.2 Å². The van der Waals surface area contributed by atoms with Gasteiger partial charge >= 0.3 is 0 Å². The number of nitrogens with one attached hydrogen (secondary N) is 1. The summed E-state index contributed by atoms with van der Waals surface area (Å²) in [4.78, 5) is 41.3. The van der Waals surface area contributed by atoms with E-state index in [9.17, 15) is 14.4 Å². The van der Waals surface area contributed by atoms with Gasteiger partial charge in [-0.25, -0.2) is 0 Å². The number of carbonyl (C=O) groups excluding carboxylic acids is 3. The van der Waals surface area contributed by atoms with E-state index in [-0.39, 0.29) is 42.1 Å². The Morgan fingerprint density at radius 2 is 1.66 bits per heavy atom. The van der Waals surface area contributed by atoms with Crippen LogP contribution in [0.5, 0.6) is 0 Å². The lowest BCUT2D eigenvalue weighted by atomic mass is 9.81. The molecule has 0 unspecified atom stereocenters. The van der Waals surface area contributed by atoms with Crippen molar-refractivity contribution in [1.29, 1.82) is 0 Å². The molecule has 4 rings (SSSR count). The van der Waals surface area contributed by atoms with Gasteiger partial charge in [0.2, 0.25) is 17.7 Å². The topological polar surface area (TPSA) is 79.0 Å². The van der Waals surface area contributed by atoms with Crippen LogP contribution in [0.2, 0.25) is 0 Å². The quantitative estimate of drug-likeness (QED) is 0.731. The number of morpholine rings is 1. The molecule has 7 nitrogen and oxygen atoms in total. The van der Waals surface area contributed by atoms with Crippen LogP contribution in [0.4, 0.5) is 0 Å². The number of likely N-dealkylation sites (tertiary alicyclic amines) is 1. The lowest BCUT2D eigenvalue weighted by molar-refractivity contribution is -0.143. The zero-order valence-electron chi connectivity index (χ0n) is 16.7. The molecule has 0 aromatic heterocycles. The summed E-state index contributed by atoms with van der Waals surface area (Å²) in [5, 5.41) is 2.96. The van der Waals surface area contributed by atoms with Crippen molar-refractivity contribution in [3.63, 3.8) is 0 Å². The van der Waals surface area contributed by atoms with Crippen LogP contribution in [0, 0.1) is 11.8 Å². The van der Waals surface area contributed by atoms with Gasteiger partial charge in [0.05, 0.1) is 31.1 Å². The second-order valence-electron chi connectivity index (χ2n) is 8.14. The third-order valence-electron chi connectivity index (χ3n) is 6.40. The molecular weight excluding hydrogens is 370 g/mol. The van der Waals surface area contributed by atoms with Gasteiger partial charge in [0.1, 0.15) is 6.54 Å². The van der Waals surface area contributed by atoms with Crippen molar-refractivity contribution in [3.05, 3.63) is 35.9 Å². The molecule has 3 fully saturated rings. The fourth-order valence-corrected chi connectivity index (χ4v) is 4.82. The molecule has 3 atom stereocenters. The smallest absolute Gasteiger partial charge is 0.240 e. The van der Waals surface area contributed by atoms with Crippen molar-refractivity contribution in [1.82, 2.24) is 15.1 Å². The summed E-state index contributed by atoms with van der Waals surface area (Å²) in [6, 6.07) is 10.1. The molecule has 1 saturated carbocycles. The average molecular weight is 399 g/mol. The van der Waals surface area contributed by atoms with Crippen LogP contribution in [0.25, 0.3) is 0 Å². The molecule has 156 valence electrons. The van der Waals surface area contributed by atoms with Gasteiger partial charge < -0.3 is 10.1 Å². The third-order valence-corrected chi connectivity index (χ3v) is 6.40. The second-order valence-corrected chi connectivity index (χ2v) is 8.14. The summed E-state index contributed by atoms with van der Waals surface area (Å²) in [5.41, 5.74) is 1.13. The monoisotopic (exact) mass is 399 g/mol. The maximum Gasteiger partial charge on any atom is 0.240 e. The molecule has 0 spiro atoms. The molecule has 3 amide bonds. The average Bonchev–Trinajstić information content (AvgIpc) is 3.00. The van der Waals surface area contributed by atoms with E-state index in [0.29, 0.717) is 19.8 Å². The van der Waals surface area contributed by atoms with Gasteiger partial charge in [0, 0.05) is 19.6 Å². The number of ether oxygens (including phenoxy) is 1. The summed E-state index contributed by atoms with van der Waals surface area (Å²) in [6.07, 6.45) is 3.50. The molecule has 1 aromatic rings. The summed E-state index contributed by atoms with van der Waals surface area (Å²) in [5.74, 6) is -1.03. The van der Waals surface area contributed by atoms with Gasteiger partial charge in [-0.2, -0.15) is 0 Å². The summed E-state index contributed by atoms with van der Waals surface area (Å²) >= 11 is 0. The first kappa shape index (κ1) is 20.0. The van der Waals surface area contributed by atoms with Crippen LogP contribution in [0.15, 0.2) is 30.3 Å². The Balaban J connectivity index is 1.38. The Bertz CT molecular complexity index is 724. The van der Waals surface area contributed by atoms with Crippen LogP contribution in [-0.4, -0.2) is 66.9 Å². The SMILES string of the molecule is O=C(CN1C(=O)[C@H]2CCCC[C@H]2C1=O)NC[C@@H](c1ccccc1)N1CCOCC1. The fourth-order valence-electron chi connectivity index (χ4n) is 4.82. The first-order valence-corrected chi connectivity index (χ1v) is 10.6. The number of rotatable bonds is 6. The number of benzene rings is 1. The van der Waals surface area contributed by atoms with Crippen LogP contribution >= 0.6 is 0 Å². The highest BCUT2D eigenvalue weighted by molar-refractivity contribution is 6.07. The minimum Gasteiger partial charge on any atom is -0.379 e. The fraction of sp³-hybridized carbons (Fsp3) is 0.591. The second kappa shape index (κ2) is 9.05. The van der Waals surface area contributed by atoms with Crippen LogP contribution in [-0.2, 0) is 19.1 Å². The van der Waals surface area contributed by atoms with Crippen molar-refractivity contribution in [2.24, 2.45) is 11.8 Å². The van der Waals surface area contributed by atoms with Gasteiger partial charge in [0.25, 0.3) is 0 Å². The first-order valence-electron chi connectivity index (χ1n) is 10.6. The van der Waals surface area contributed by atoms with Crippen molar-refractivity contribution >= 4 is 17.7 Å². The van der Waals surface area contributed by atoms with E-state index in [0.717, 1.165) is 44.3 Å². The molecule has 0 radical (unpaired) electrons. The zero-order valence-corrected chi connectivity index (χ0v) is 16.7. The lowest BCUT2D eigenvalue weighted by Gasteiger charge is -2.35. The van der Waals surface area contributed by atoms with E-state index in [4.69, 9.17) is 4.74 Å². The highest BCUT2D eigenvalue weighted by atomic mass is 16.5. The van der Waals surface area contributed by atoms with Crippen molar-refractivity contribution in [3.8, 4) is 0 Å². The normalized spacial score (nSPS) is 26.3. The molecule has 1 aromatic carbocycles. The lowest BCUT2D eigenvalue weighted by Crippen LogP contribution is -2.46. The predicted molar refractivity (Wildman–Crippen MR) is 107 cm³/mol. The van der Waals surface area contributed by atoms with E-state index >= 15 is 0 Å². The molecular formula is C22H29N3O4. The van der Waals surface area contributed by atoms with E-state index in [1.807, 2.05) is 18.2 Å². The van der Waals surface area contributed by atoms with E-state index in [1.165, 1.54) is 4.90 Å². The van der Waals surface area contributed by atoms with Gasteiger partial charge in [-0.15, -0.1) is 0 Å². The largest absolute Gasteiger partial charge is 0.379 e. The number of imide groups is 1. The molecule has 29 heavy (non-hydrogen) atoms. The number of nitrogens with zero attached hydrogens (tertiary/aromatic N) is 2. The van der Waals surface area contributed by atoms with Gasteiger partial charge in [-0.05, 0) is 18.4 Å². The Labute approximate surface area is 171 Å². The van der Waals surface area contributed by atoms with Crippen molar-refractivity contribution in [2.75, 3.05) is 39.4 Å². The zero-order chi connectivity index (χ0) is 20.2. The molecule has 1 aliphatic carbocycles. The maximum absolute atomic E-state index is 12.6. The minimum absolute atomic E-state index is 0.0385. The number of carbonyl (C=O) groups is 3. The highest BCUT2D eigenvalue weighted by Crippen LogP contribution is 2.37. The highest BCUT2D eigenvalue weighted by Gasteiger charge is 2.48. The standard InChI is InChI=1S/C22H29N3O4/c26-20(15-25-21(27)17-8-4-5-9-18(17)22(25)28)23-14-19(16-6-2-1-3-7-16)24-10-12-29-13-11-24/h1-3,6-7,17-19H,4-5,8-15H2,(H,23,26)/t17-,18+,19-/m0/s1. The van der Waals surface area contributed by atoms with Crippen LogP contribution < -0.4 is 5.32 Å². The Kier molecular flexibility index (Phi) is 6.25. The van der Waals surface area contributed by atoms with Gasteiger partial charge in [-0.1, -0.05) is 43.2 Å². The molecule has 3 aliphatic rings. The summed E-state index contributed by atoms with van der Waals surface area (Å²) in [6.45, 7) is 3.23. The van der Waals surface area contributed by atoms with Crippen molar-refractivity contribution < 1.29 is 19.1 Å². The molecule has 1 N–H and O–H groups in total. The minimum atomic E-state index is -0.278. The number of fused-ring (bicyclic) bond motifs is 1. The summed E-state index contributed by atoms with van der Waals surface area (Å²) < 4.78 is 5.46. The van der Waals surface area contributed by atoms with E-state index < -0.39 is 0 Å². The van der Waals surface area contributed by atoms with Crippen molar-refractivity contribution in [2.45, 2.75) is 31.7 Å². The first-order chi connectivity index (χ1) is 14.1. The van der Waals surface area contributed by atoms with Gasteiger partial charge in [0.15, 0.2) is 0 Å². The molecule has 0 bridgehead atoms. The predicted octanol–water partition coefficient (Wildman–Crippen LogP) is 1.35. The van der Waals surface area contributed by atoms with E-state index in [1.54, 1.807) is 0 Å². The van der Waals surface area contributed by atoms with Crippen LogP contribution in [0.1, 0.15) is 37.3 Å². The molecule has 2 saturated heterocycles. The Morgan fingerprint density at radius 1 is 1.03 bits per heavy atom. The number of amides is 3. The van der Waals surface area contributed by atoms with E-state index in [2.05, 4.69) is 22.3 Å². The molecule has 2 aliphatic heterocycles. The molecule has 7 heteroatoms. The Hall–Kier alpha value is -2.25. The number of hydrogen-bond acceptors (Lipinski definition) is 5.